The standard InChI is InChI=1S/C17H18F3NO2/c1-11(2)22-15-6-3-12(4-7-15)13-5-8-16(14(9-13)10-21)23-17(18,19)20/h3-9,11H,10,21H2,1-2H3. The Balaban J connectivity index is 2.26. The van der Waals surface area contributed by atoms with Gasteiger partial charge in [0.2, 0.25) is 0 Å². The molecule has 2 rings (SSSR count). The summed E-state index contributed by atoms with van der Waals surface area (Å²) in [6.45, 7) is 3.81. The number of halogens is 3. The third-order valence-corrected chi connectivity index (χ3v) is 3.07. The van der Waals surface area contributed by atoms with E-state index in [9.17, 15) is 13.2 Å². The number of hydrogen-bond donors (Lipinski definition) is 1. The monoisotopic (exact) mass is 325 g/mol. The summed E-state index contributed by atoms with van der Waals surface area (Å²) in [4.78, 5) is 0. The summed E-state index contributed by atoms with van der Waals surface area (Å²) in [5.41, 5.74) is 7.44. The zero-order chi connectivity index (χ0) is 17.0. The molecule has 0 aromatic heterocycles. The van der Waals surface area contributed by atoms with Gasteiger partial charge in [-0.3, -0.25) is 0 Å². The Hall–Kier alpha value is -2.21. The lowest BCUT2D eigenvalue weighted by atomic mass is 10.0. The average Bonchev–Trinajstić information content (AvgIpc) is 2.46. The Bertz CT molecular complexity index is 652. The molecule has 0 saturated heterocycles. The van der Waals surface area contributed by atoms with Gasteiger partial charge in [-0.15, -0.1) is 13.2 Å². The van der Waals surface area contributed by atoms with Crippen LogP contribution in [-0.4, -0.2) is 12.5 Å². The Morgan fingerprint density at radius 2 is 1.61 bits per heavy atom. The predicted molar refractivity (Wildman–Crippen MR) is 82.2 cm³/mol. The van der Waals surface area contributed by atoms with E-state index in [1.165, 1.54) is 6.07 Å². The first kappa shape index (κ1) is 17.1. The summed E-state index contributed by atoms with van der Waals surface area (Å²) in [6.07, 6.45) is -4.66. The second-order valence-electron chi connectivity index (χ2n) is 5.27. The van der Waals surface area contributed by atoms with Crippen molar-refractivity contribution in [3.8, 4) is 22.6 Å². The van der Waals surface area contributed by atoms with Gasteiger partial charge in [0, 0.05) is 12.1 Å². The fourth-order valence-corrected chi connectivity index (χ4v) is 2.14. The van der Waals surface area contributed by atoms with Crippen LogP contribution in [0.5, 0.6) is 11.5 Å². The van der Waals surface area contributed by atoms with Gasteiger partial charge in [-0.25, -0.2) is 0 Å². The molecule has 0 heterocycles. The maximum atomic E-state index is 12.4. The molecule has 0 unspecified atom stereocenters. The van der Waals surface area contributed by atoms with Crippen molar-refractivity contribution in [3.63, 3.8) is 0 Å². The number of nitrogens with two attached hydrogens (primary N) is 1. The van der Waals surface area contributed by atoms with Crippen molar-refractivity contribution in [2.75, 3.05) is 0 Å². The Labute approximate surface area is 132 Å². The quantitative estimate of drug-likeness (QED) is 0.880. The molecule has 0 aliphatic heterocycles. The van der Waals surface area contributed by atoms with E-state index in [4.69, 9.17) is 10.5 Å². The minimum atomic E-state index is -4.73. The van der Waals surface area contributed by atoms with E-state index in [1.54, 1.807) is 12.1 Å². The molecule has 0 aliphatic carbocycles. The van der Waals surface area contributed by atoms with Crippen molar-refractivity contribution in [2.45, 2.75) is 32.9 Å². The molecule has 0 atom stereocenters. The van der Waals surface area contributed by atoms with E-state index < -0.39 is 6.36 Å². The summed E-state index contributed by atoms with van der Waals surface area (Å²) >= 11 is 0. The predicted octanol–water partition coefficient (Wildman–Crippen LogP) is 4.50. The van der Waals surface area contributed by atoms with Gasteiger partial charge in [-0.1, -0.05) is 18.2 Å². The molecule has 0 aliphatic rings. The zero-order valence-electron chi connectivity index (χ0n) is 12.9. The number of benzene rings is 2. The SMILES string of the molecule is CC(C)Oc1ccc(-c2ccc(OC(F)(F)F)c(CN)c2)cc1. The van der Waals surface area contributed by atoms with Crippen molar-refractivity contribution in [1.29, 1.82) is 0 Å². The van der Waals surface area contributed by atoms with Gasteiger partial charge in [0.15, 0.2) is 0 Å². The van der Waals surface area contributed by atoms with Gasteiger partial charge in [0.05, 0.1) is 6.10 Å². The summed E-state index contributed by atoms with van der Waals surface area (Å²) < 4.78 is 46.6. The van der Waals surface area contributed by atoms with Crippen LogP contribution in [0, 0.1) is 0 Å². The largest absolute Gasteiger partial charge is 0.573 e. The molecule has 2 aromatic carbocycles. The first-order valence-electron chi connectivity index (χ1n) is 7.14. The molecule has 6 heteroatoms. The van der Waals surface area contributed by atoms with E-state index in [0.717, 1.165) is 16.9 Å². The maximum absolute atomic E-state index is 12.4. The molecular weight excluding hydrogens is 307 g/mol. The van der Waals surface area contributed by atoms with E-state index >= 15 is 0 Å². The molecule has 2 N–H and O–H groups in total. The molecule has 0 radical (unpaired) electrons. The third-order valence-electron chi connectivity index (χ3n) is 3.07. The summed E-state index contributed by atoms with van der Waals surface area (Å²) in [7, 11) is 0. The second-order valence-corrected chi connectivity index (χ2v) is 5.27. The highest BCUT2D eigenvalue weighted by atomic mass is 19.4. The first-order valence-corrected chi connectivity index (χ1v) is 7.14. The highest BCUT2D eigenvalue weighted by Crippen LogP contribution is 2.31. The lowest BCUT2D eigenvalue weighted by Gasteiger charge is -2.14. The van der Waals surface area contributed by atoms with Crippen molar-refractivity contribution in [1.82, 2.24) is 0 Å². The first-order chi connectivity index (χ1) is 10.8. The minimum Gasteiger partial charge on any atom is -0.491 e. The summed E-state index contributed by atoms with van der Waals surface area (Å²) in [5.74, 6) is 0.461. The number of ether oxygens (including phenoxy) is 2. The van der Waals surface area contributed by atoms with Crippen LogP contribution >= 0.6 is 0 Å². The van der Waals surface area contributed by atoms with Gasteiger partial charge in [-0.2, -0.15) is 0 Å². The van der Waals surface area contributed by atoms with Crippen LogP contribution in [-0.2, 0) is 6.54 Å². The molecular formula is C17H18F3NO2. The van der Waals surface area contributed by atoms with Crippen LogP contribution < -0.4 is 15.2 Å². The lowest BCUT2D eigenvalue weighted by Crippen LogP contribution is -2.18. The minimum absolute atomic E-state index is 0.0478. The molecule has 23 heavy (non-hydrogen) atoms. The van der Waals surface area contributed by atoms with Crippen LogP contribution in [0.25, 0.3) is 11.1 Å². The van der Waals surface area contributed by atoms with Crippen LogP contribution in [0.4, 0.5) is 13.2 Å². The Kier molecular flexibility index (Phi) is 5.15. The van der Waals surface area contributed by atoms with E-state index in [2.05, 4.69) is 4.74 Å². The summed E-state index contributed by atoms with van der Waals surface area (Å²) in [6, 6.07) is 11.8. The molecule has 124 valence electrons. The van der Waals surface area contributed by atoms with E-state index in [1.807, 2.05) is 38.1 Å². The molecule has 0 amide bonds. The van der Waals surface area contributed by atoms with Crippen LogP contribution in [0.3, 0.4) is 0 Å². The fraction of sp³-hybridized carbons (Fsp3) is 0.294. The topological polar surface area (TPSA) is 44.5 Å². The van der Waals surface area contributed by atoms with Gasteiger partial charge >= 0.3 is 6.36 Å². The Morgan fingerprint density at radius 3 is 2.13 bits per heavy atom. The van der Waals surface area contributed by atoms with Crippen LogP contribution in [0.2, 0.25) is 0 Å². The van der Waals surface area contributed by atoms with Crippen LogP contribution in [0.1, 0.15) is 19.4 Å². The lowest BCUT2D eigenvalue weighted by molar-refractivity contribution is -0.274. The maximum Gasteiger partial charge on any atom is 0.573 e. The van der Waals surface area contributed by atoms with E-state index in [0.29, 0.717) is 5.56 Å². The van der Waals surface area contributed by atoms with Crippen molar-refractivity contribution in [3.05, 3.63) is 48.0 Å². The normalized spacial score (nSPS) is 11.6. The average molecular weight is 325 g/mol. The molecule has 0 saturated carbocycles. The van der Waals surface area contributed by atoms with Gasteiger partial charge in [0.1, 0.15) is 11.5 Å². The fourth-order valence-electron chi connectivity index (χ4n) is 2.14. The van der Waals surface area contributed by atoms with Crippen molar-refractivity contribution < 1.29 is 22.6 Å². The van der Waals surface area contributed by atoms with E-state index in [-0.39, 0.29) is 18.4 Å². The highest BCUT2D eigenvalue weighted by Gasteiger charge is 2.32. The second kappa shape index (κ2) is 6.91. The van der Waals surface area contributed by atoms with Gasteiger partial charge < -0.3 is 15.2 Å². The summed E-state index contributed by atoms with van der Waals surface area (Å²) in [5, 5.41) is 0. The molecule has 0 fully saturated rings. The highest BCUT2D eigenvalue weighted by molar-refractivity contribution is 5.66. The smallest absolute Gasteiger partial charge is 0.491 e. The molecule has 0 spiro atoms. The number of hydrogen-bond acceptors (Lipinski definition) is 3. The molecule has 0 bridgehead atoms. The number of alkyl halides is 3. The van der Waals surface area contributed by atoms with Crippen molar-refractivity contribution >= 4 is 0 Å². The third kappa shape index (κ3) is 4.89. The van der Waals surface area contributed by atoms with Crippen molar-refractivity contribution in [2.24, 2.45) is 5.73 Å². The molecule has 2 aromatic rings. The van der Waals surface area contributed by atoms with Gasteiger partial charge in [0.25, 0.3) is 0 Å². The molecule has 3 nitrogen and oxygen atoms in total. The Morgan fingerprint density at radius 1 is 1.00 bits per heavy atom. The van der Waals surface area contributed by atoms with Gasteiger partial charge in [-0.05, 0) is 49.2 Å². The van der Waals surface area contributed by atoms with Crippen LogP contribution in [0.15, 0.2) is 42.5 Å². The zero-order valence-corrected chi connectivity index (χ0v) is 12.9. The number of rotatable bonds is 5.